The third kappa shape index (κ3) is 3.99. The molecule has 26 heavy (non-hydrogen) atoms. The van der Waals surface area contributed by atoms with Crippen molar-refractivity contribution in [2.75, 3.05) is 16.8 Å². The van der Waals surface area contributed by atoms with Gasteiger partial charge in [-0.15, -0.1) is 0 Å². The molecule has 0 fully saturated rings. The van der Waals surface area contributed by atoms with Crippen molar-refractivity contribution in [2.45, 2.75) is 27.3 Å². The van der Waals surface area contributed by atoms with Crippen molar-refractivity contribution in [3.63, 3.8) is 0 Å². The molecule has 1 aliphatic rings. The zero-order valence-electron chi connectivity index (χ0n) is 15.0. The lowest BCUT2D eigenvalue weighted by Gasteiger charge is -2.30. The number of hydrogen-bond acceptors (Lipinski definition) is 3. The molecule has 0 aromatic heterocycles. The summed E-state index contributed by atoms with van der Waals surface area (Å²) in [5, 5.41) is 3.54. The lowest BCUT2D eigenvalue weighted by Crippen LogP contribution is -2.38. The van der Waals surface area contributed by atoms with Gasteiger partial charge in [-0.25, -0.2) is 0 Å². The Morgan fingerprint density at radius 2 is 1.88 bits per heavy atom. The van der Waals surface area contributed by atoms with Crippen LogP contribution >= 0.6 is 11.6 Å². The Hall–Kier alpha value is -2.53. The van der Waals surface area contributed by atoms with Gasteiger partial charge in [0.2, 0.25) is 5.91 Å². The molecule has 2 amide bonds. The molecule has 5 nitrogen and oxygen atoms in total. The van der Waals surface area contributed by atoms with Crippen LogP contribution in [0.3, 0.4) is 0 Å². The van der Waals surface area contributed by atoms with Crippen LogP contribution in [0.1, 0.15) is 26.3 Å². The largest absolute Gasteiger partial charge is 0.482 e. The fourth-order valence-corrected chi connectivity index (χ4v) is 2.67. The summed E-state index contributed by atoms with van der Waals surface area (Å²) >= 11 is 5.93. The van der Waals surface area contributed by atoms with E-state index in [4.69, 9.17) is 16.3 Å². The summed E-state index contributed by atoms with van der Waals surface area (Å²) in [4.78, 5) is 26.3. The van der Waals surface area contributed by atoms with E-state index in [0.717, 1.165) is 5.56 Å². The van der Waals surface area contributed by atoms with E-state index in [0.29, 0.717) is 28.7 Å². The van der Waals surface area contributed by atoms with E-state index in [1.807, 2.05) is 32.9 Å². The van der Waals surface area contributed by atoms with Gasteiger partial charge in [-0.2, -0.15) is 0 Å². The van der Waals surface area contributed by atoms with Crippen LogP contribution in [-0.2, 0) is 16.1 Å². The molecule has 0 radical (unpaired) electrons. The summed E-state index contributed by atoms with van der Waals surface area (Å²) < 4.78 is 5.53. The van der Waals surface area contributed by atoms with Crippen molar-refractivity contribution in [2.24, 2.45) is 5.41 Å². The summed E-state index contributed by atoms with van der Waals surface area (Å²) in [6, 6.07) is 12.7. The summed E-state index contributed by atoms with van der Waals surface area (Å²) in [6.07, 6.45) is 0. The number of fused-ring (bicyclic) bond motifs is 1. The predicted molar refractivity (Wildman–Crippen MR) is 103 cm³/mol. The van der Waals surface area contributed by atoms with Gasteiger partial charge in [0.25, 0.3) is 5.91 Å². The molecule has 3 rings (SSSR count). The van der Waals surface area contributed by atoms with Gasteiger partial charge in [0, 0.05) is 16.1 Å². The van der Waals surface area contributed by atoms with Crippen LogP contribution in [0.25, 0.3) is 0 Å². The first-order valence-corrected chi connectivity index (χ1v) is 8.75. The Morgan fingerprint density at radius 1 is 1.19 bits per heavy atom. The SMILES string of the molecule is CC(C)(C)C(=O)Nc1ccc2c(c1)N(Cc1ccc(Cl)cc1)C(=O)CO2. The van der Waals surface area contributed by atoms with Crippen LogP contribution in [-0.4, -0.2) is 18.4 Å². The molecule has 6 heteroatoms. The average Bonchev–Trinajstić information content (AvgIpc) is 2.58. The molecule has 0 atom stereocenters. The second kappa shape index (κ2) is 7.00. The maximum atomic E-state index is 12.4. The smallest absolute Gasteiger partial charge is 0.265 e. The van der Waals surface area contributed by atoms with Crippen molar-refractivity contribution in [3.8, 4) is 5.75 Å². The molecule has 0 saturated carbocycles. The van der Waals surface area contributed by atoms with Gasteiger partial charge in [-0.3, -0.25) is 9.59 Å². The second-order valence-corrected chi connectivity index (χ2v) is 7.72. The van der Waals surface area contributed by atoms with Gasteiger partial charge >= 0.3 is 0 Å². The number of benzene rings is 2. The molecule has 1 heterocycles. The van der Waals surface area contributed by atoms with E-state index in [9.17, 15) is 9.59 Å². The zero-order valence-corrected chi connectivity index (χ0v) is 15.8. The van der Waals surface area contributed by atoms with Gasteiger partial charge < -0.3 is 15.0 Å². The summed E-state index contributed by atoms with van der Waals surface area (Å²) in [5.74, 6) is 0.392. The summed E-state index contributed by atoms with van der Waals surface area (Å²) in [7, 11) is 0. The Kier molecular flexibility index (Phi) is 4.92. The molecule has 0 saturated heterocycles. The molecule has 0 bridgehead atoms. The van der Waals surface area contributed by atoms with Crippen molar-refractivity contribution in [1.82, 2.24) is 0 Å². The van der Waals surface area contributed by atoms with E-state index >= 15 is 0 Å². The third-order valence-corrected chi connectivity index (χ3v) is 4.35. The highest BCUT2D eigenvalue weighted by Crippen LogP contribution is 2.36. The molecule has 1 aliphatic heterocycles. The number of halogens is 1. The predicted octanol–water partition coefficient (Wildman–Crippen LogP) is 4.25. The van der Waals surface area contributed by atoms with Crippen LogP contribution in [0, 0.1) is 5.41 Å². The molecule has 0 spiro atoms. The third-order valence-electron chi connectivity index (χ3n) is 4.09. The van der Waals surface area contributed by atoms with Gasteiger partial charge in [0.1, 0.15) is 5.75 Å². The maximum Gasteiger partial charge on any atom is 0.265 e. The number of nitrogens with zero attached hydrogens (tertiary/aromatic N) is 1. The number of carbonyl (C=O) groups excluding carboxylic acids is 2. The lowest BCUT2D eigenvalue weighted by molar-refractivity contribution is -0.123. The molecular weight excluding hydrogens is 352 g/mol. The fraction of sp³-hybridized carbons (Fsp3) is 0.300. The van der Waals surface area contributed by atoms with Gasteiger partial charge in [0.15, 0.2) is 6.61 Å². The highest BCUT2D eigenvalue weighted by Gasteiger charge is 2.27. The van der Waals surface area contributed by atoms with Crippen molar-refractivity contribution in [3.05, 3.63) is 53.1 Å². The highest BCUT2D eigenvalue weighted by molar-refractivity contribution is 6.30. The van der Waals surface area contributed by atoms with Gasteiger partial charge in [0.05, 0.1) is 12.2 Å². The first-order chi connectivity index (χ1) is 12.2. The molecule has 2 aromatic rings. The number of carbonyl (C=O) groups is 2. The Morgan fingerprint density at radius 3 is 2.54 bits per heavy atom. The fourth-order valence-electron chi connectivity index (χ4n) is 2.54. The molecule has 0 unspecified atom stereocenters. The van der Waals surface area contributed by atoms with Crippen LogP contribution < -0.4 is 15.0 Å². The van der Waals surface area contributed by atoms with E-state index < -0.39 is 5.41 Å². The minimum atomic E-state index is -0.509. The monoisotopic (exact) mass is 372 g/mol. The molecule has 0 aliphatic carbocycles. The van der Waals surface area contributed by atoms with Gasteiger partial charge in [-0.1, -0.05) is 44.5 Å². The number of anilines is 2. The Bertz CT molecular complexity index is 841. The molecular formula is C20H21ClN2O3. The number of nitrogens with one attached hydrogen (secondary N) is 1. The Balaban J connectivity index is 1.89. The van der Waals surface area contributed by atoms with Crippen molar-refractivity contribution >= 4 is 34.8 Å². The minimum absolute atomic E-state index is 0.00567. The van der Waals surface area contributed by atoms with Crippen LogP contribution in [0.15, 0.2) is 42.5 Å². The number of hydrogen-bond donors (Lipinski definition) is 1. The van der Waals surface area contributed by atoms with Crippen molar-refractivity contribution in [1.29, 1.82) is 0 Å². The quantitative estimate of drug-likeness (QED) is 0.876. The first kappa shape index (κ1) is 18.3. The van der Waals surface area contributed by atoms with Gasteiger partial charge in [-0.05, 0) is 35.9 Å². The number of amides is 2. The average molecular weight is 373 g/mol. The van der Waals surface area contributed by atoms with E-state index in [2.05, 4.69) is 5.32 Å². The van der Waals surface area contributed by atoms with E-state index in [1.54, 1.807) is 35.2 Å². The van der Waals surface area contributed by atoms with E-state index in [1.165, 1.54) is 0 Å². The standard InChI is InChI=1S/C20H21ClN2O3/c1-20(2,3)19(25)22-15-8-9-17-16(10-15)23(18(24)12-26-17)11-13-4-6-14(21)7-5-13/h4-10H,11-12H2,1-3H3,(H,22,25). The summed E-state index contributed by atoms with van der Waals surface area (Å²) in [6.45, 7) is 5.94. The van der Waals surface area contributed by atoms with E-state index in [-0.39, 0.29) is 18.4 Å². The van der Waals surface area contributed by atoms with Crippen LogP contribution in [0.5, 0.6) is 5.75 Å². The summed E-state index contributed by atoms with van der Waals surface area (Å²) in [5.41, 5.74) is 1.72. The Labute approximate surface area is 157 Å². The lowest BCUT2D eigenvalue weighted by atomic mass is 9.95. The number of rotatable bonds is 3. The van der Waals surface area contributed by atoms with Crippen LogP contribution in [0.2, 0.25) is 5.02 Å². The van der Waals surface area contributed by atoms with Crippen LogP contribution in [0.4, 0.5) is 11.4 Å². The topological polar surface area (TPSA) is 58.6 Å². The second-order valence-electron chi connectivity index (χ2n) is 7.28. The number of ether oxygens (including phenoxy) is 1. The maximum absolute atomic E-state index is 12.4. The molecule has 136 valence electrons. The zero-order chi connectivity index (χ0) is 18.9. The minimum Gasteiger partial charge on any atom is -0.482 e. The first-order valence-electron chi connectivity index (χ1n) is 8.37. The molecule has 1 N–H and O–H groups in total. The highest BCUT2D eigenvalue weighted by atomic mass is 35.5. The van der Waals surface area contributed by atoms with Crippen molar-refractivity contribution < 1.29 is 14.3 Å². The molecule has 2 aromatic carbocycles. The normalized spacial score (nSPS) is 13.8.